The van der Waals surface area contributed by atoms with Crippen LogP contribution in [-0.4, -0.2) is 4.98 Å². The number of hydrogen-bond donors (Lipinski definition) is 1. The third-order valence-corrected chi connectivity index (χ3v) is 3.26. The molecule has 1 saturated carbocycles. The summed E-state index contributed by atoms with van der Waals surface area (Å²) in [5.41, 5.74) is 7.34. The van der Waals surface area contributed by atoms with Crippen LogP contribution in [0.1, 0.15) is 25.2 Å². The zero-order valence-electron chi connectivity index (χ0n) is 8.16. The van der Waals surface area contributed by atoms with Crippen LogP contribution >= 0.6 is 11.6 Å². The summed E-state index contributed by atoms with van der Waals surface area (Å²) in [6.07, 6.45) is 3.05. The smallest absolute Gasteiger partial charge is 0.215 e. The van der Waals surface area contributed by atoms with Crippen molar-refractivity contribution in [2.24, 2.45) is 5.73 Å². The number of rotatable bonds is 1. The molecule has 1 fully saturated rings. The van der Waals surface area contributed by atoms with E-state index < -0.39 is 0 Å². The highest BCUT2D eigenvalue weighted by molar-refractivity contribution is 6.31. The van der Waals surface area contributed by atoms with Gasteiger partial charge >= 0.3 is 0 Å². The predicted octanol–water partition coefficient (Wildman–Crippen LogP) is 2.82. The number of nitrogens with two attached hydrogens (primary N) is 1. The molecule has 0 saturated heterocycles. The first kappa shape index (κ1) is 9.19. The number of hydrogen-bond acceptors (Lipinski definition) is 3. The van der Waals surface area contributed by atoms with Gasteiger partial charge in [-0.25, -0.2) is 4.98 Å². The molecule has 3 rings (SSSR count). The fraction of sp³-hybridized carbons (Fsp3) is 0.364. The van der Waals surface area contributed by atoms with Gasteiger partial charge in [0.1, 0.15) is 5.52 Å². The minimum Gasteiger partial charge on any atom is -0.439 e. The molecule has 2 aromatic rings. The molecule has 0 spiro atoms. The van der Waals surface area contributed by atoms with E-state index in [1.807, 2.05) is 6.07 Å². The first-order valence-corrected chi connectivity index (χ1v) is 5.41. The van der Waals surface area contributed by atoms with Crippen LogP contribution in [-0.2, 0) is 5.54 Å². The Hall–Kier alpha value is -1.06. The molecule has 4 heteroatoms. The van der Waals surface area contributed by atoms with Crippen LogP contribution in [0.5, 0.6) is 0 Å². The fourth-order valence-corrected chi connectivity index (χ4v) is 2.05. The maximum atomic E-state index is 6.14. The quantitative estimate of drug-likeness (QED) is 0.807. The maximum absolute atomic E-state index is 6.14. The van der Waals surface area contributed by atoms with Crippen LogP contribution < -0.4 is 5.73 Å². The van der Waals surface area contributed by atoms with Crippen molar-refractivity contribution in [1.82, 2.24) is 4.98 Å². The molecule has 1 aliphatic carbocycles. The molecule has 0 atom stereocenters. The molecule has 1 aromatic heterocycles. The van der Waals surface area contributed by atoms with Crippen molar-refractivity contribution >= 4 is 22.7 Å². The lowest BCUT2D eigenvalue weighted by Gasteiger charge is -2.34. The molecule has 3 nitrogen and oxygen atoms in total. The lowest BCUT2D eigenvalue weighted by atomic mass is 9.78. The van der Waals surface area contributed by atoms with Crippen molar-refractivity contribution in [2.45, 2.75) is 24.8 Å². The van der Waals surface area contributed by atoms with Gasteiger partial charge in [0, 0.05) is 11.1 Å². The Kier molecular flexibility index (Phi) is 1.82. The topological polar surface area (TPSA) is 52.0 Å². The molecule has 0 amide bonds. The SMILES string of the molecule is NC1(c2nc3ccc(Cl)cc3o2)CCC1. The third kappa shape index (κ3) is 1.34. The molecule has 0 aliphatic heterocycles. The monoisotopic (exact) mass is 222 g/mol. The third-order valence-electron chi connectivity index (χ3n) is 3.02. The Morgan fingerprint density at radius 3 is 2.87 bits per heavy atom. The van der Waals surface area contributed by atoms with E-state index in [-0.39, 0.29) is 5.54 Å². The number of halogens is 1. The van der Waals surface area contributed by atoms with Crippen LogP contribution in [0.15, 0.2) is 22.6 Å². The van der Waals surface area contributed by atoms with E-state index >= 15 is 0 Å². The van der Waals surface area contributed by atoms with Crippen molar-refractivity contribution in [3.8, 4) is 0 Å². The van der Waals surface area contributed by atoms with Gasteiger partial charge in [-0.1, -0.05) is 11.6 Å². The van der Waals surface area contributed by atoms with E-state index in [4.69, 9.17) is 21.8 Å². The van der Waals surface area contributed by atoms with E-state index in [1.165, 1.54) is 0 Å². The van der Waals surface area contributed by atoms with E-state index in [2.05, 4.69) is 4.98 Å². The summed E-state index contributed by atoms with van der Waals surface area (Å²) >= 11 is 5.87. The van der Waals surface area contributed by atoms with Gasteiger partial charge in [-0.3, -0.25) is 0 Å². The van der Waals surface area contributed by atoms with E-state index in [0.29, 0.717) is 16.5 Å². The Morgan fingerprint density at radius 1 is 1.40 bits per heavy atom. The summed E-state index contributed by atoms with van der Waals surface area (Å²) in [5, 5.41) is 0.657. The van der Waals surface area contributed by atoms with E-state index in [0.717, 1.165) is 24.8 Å². The van der Waals surface area contributed by atoms with Gasteiger partial charge < -0.3 is 10.2 Å². The van der Waals surface area contributed by atoms with Gasteiger partial charge in [-0.2, -0.15) is 0 Å². The first-order valence-electron chi connectivity index (χ1n) is 5.03. The lowest BCUT2D eigenvalue weighted by molar-refractivity contribution is 0.203. The van der Waals surface area contributed by atoms with Crippen molar-refractivity contribution in [1.29, 1.82) is 0 Å². The molecule has 1 aliphatic rings. The maximum Gasteiger partial charge on any atom is 0.215 e. The molecule has 0 bridgehead atoms. The lowest BCUT2D eigenvalue weighted by Crippen LogP contribution is -2.43. The van der Waals surface area contributed by atoms with Gasteiger partial charge in [-0.05, 0) is 31.4 Å². The number of oxazole rings is 1. The van der Waals surface area contributed by atoms with Crippen molar-refractivity contribution in [3.63, 3.8) is 0 Å². The summed E-state index contributed by atoms with van der Waals surface area (Å²) in [7, 11) is 0. The van der Waals surface area contributed by atoms with E-state index in [1.54, 1.807) is 12.1 Å². The highest BCUT2D eigenvalue weighted by atomic mass is 35.5. The summed E-state index contributed by atoms with van der Waals surface area (Å²) in [6, 6.07) is 5.43. The molecule has 1 aromatic carbocycles. The second kappa shape index (κ2) is 2.97. The Morgan fingerprint density at radius 2 is 2.20 bits per heavy atom. The predicted molar refractivity (Wildman–Crippen MR) is 58.7 cm³/mol. The second-order valence-electron chi connectivity index (χ2n) is 4.14. The molecule has 15 heavy (non-hydrogen) atoms. The average molecular weight is 223 g/mol. The summed E-state index contributed by atoms with van der Waals surface area (Å²) in [5.74, 6) is 0.644. The fourth-order valence-electron chi connectivity index (χ4n) is 1.88. The van der Waals surface area contributed by atoms with Gasteiger partial charge in [0.15, 0.2) is 5.58 Å². The summed E-state index contributed by atoms with van der Waals surface area (Å²) in [4.78, 5) is 4.40. The number of aromatic nitrogens is 1. The molecule has 0 radical (unpaired) electrons. The van der Waals surface area contributed by atoms with Crippen LogP contribution in [0.3, 0.4) is 0 Å². The Balaban J connectivity index is 2.14. The Labute approximate surface area is 92.2 Å². The highest BCUT2D eigenvalue weighted by Gasteiger charge is 2.39. The summed E-state index contributed by atoms with van der Waals surface area (Å²) in [6.45, 7) is 0. The number of benzene rings is 1. The first-order chi connectivity index (χ1) is 7.17. The van der Waals surface area contributed by atoms with Crippen LogP contribution in [0, 0.1) is 0 Å². The van der Waals surface area contributed by atoms with Crippen molar-refractivity contribution in [3.05, 3.63) is 29.1 Å². The second-order valence-corrected chi connectivity index (χ2v) is 4.58. The van der Waals surface area contributed by atoms with E-state index in [9.17, 15) is 0 Å². The largest absolute Gasteiger partial charge is 0.439 e. The van der Waals surface area contributed by atoms with Crippen LogP contribution in [0.4, 0.5) is 0 Å². The molecule has 78 valence electrons. The Bertz CT molecular complexity index is 516. The molecule has 2 N–H and O–H groups in total. The highest BCUT2D eigenvalue weighted by Crippen LogP contribution is 2.39. The minimum absolute atomic E-state index is 0.342. The summed E-state index contributed by atoms with van der Waals surface area (Å²) < 4.78 is 5.64. The number of nitrogens with zero attached hydrogens (tertiary/aromatic N) is 1. The van der Waals surface area contributed by atoms with Crippen LogP contribution in [0.2, 0.25) is 5.02 Å². The standard InChI is InChI=1S/C11H11ClN2O/c12-7-2-3-8-9(6-7)15-10(14-8)11(13)4-1-5-11/h2-3,6H,1,4-5,13H2. The molecular formula is C11H11ClN2O. The minimum atomic E-state index is -0.342. The normalized spacial score (nSPS) is 19.1. The molecule has 0 unspecified atom stereocenters. The zero-order chi connectivity index (χ0) is 10.5. The zero-order valence-corrected chi connectivity index (χ0v) is 8.92. The van der Waals surface area contributed by atoms with Gasteiger partial charge in [0.2, 0.25) is 5.89 Å². The van der Waals surface area contributed by atoms with Gasteiger partial charge in [0.25, 0.3) is 0 Å². The van der Waals surface area contributed by atoms with Crippen molar-refractivity contribution < 1.29 is 4.42 Å². The molecular weight excluding hydrogens is 212 g/mol. The van der Waals surface area contributed by atoms with Gasteiger partial charge in [0.05, 0.1) is 5.54 Å². The molecule has 1 heterocycles. The van der Waals surface area contributed by atoms with Crippen LogP contribution in [0.25, 0.3) is 11.1 Å². The average Bonchev–Trinajstić information content (AvgIpc) is 2.57. The van der Waals surface area contributed by atoms with Gasteiger partial charge in [-0.15, -0.1) is 0 Å². The number of fused-ring (bicyclic) bond motifs is 1. The van der Waals surface area contributed by atoms with Crippen molar-refractivity contribution in [2.75, 3.05) is 0 Å².